The van der Waals surface area contributed by atoms with Crippen LogP contribution in [0.1, 0.15) is 55.3 Å². The lowest BCUT2D eigenvalue weighted by atomic mass is 9.99. The molecule has 0 bridgehead atoms. The third-order valence-corrected chi connectivity index (χ3v) is 6.47. The van der Waals surface area contributed by atoms with Gasteiger partial charge in [0.1, 0.15) is 5.82 Å². The number of piperidine rings is 3. The van der Waals surface area contributed by atoms with Gasteiger partial charge in [0.25, 0.3) is 11.8 Å². The second-order valence-corrected chi connectivity index (χ2v) is 8.37. The van der Waals surface area contributed by atoms with Crippen molar-refractivity contribution < 1.29 is 13.6 Å². The molecule has 0 N–H and O–H groups in total. The number of aromatic nitrogens is 1. The molecule has 0 saturated carbocycles. The molecule has 7 heteroatoms. The van der Waals surface area contributed by atoms with Crippen molar-refractivity contribution >= 4 is 11.7 Å². The Balaban J connectivity index is 1.30. The minimum absolute atomic E-state index is 0.0290. The van der Waals surface area contributed by atoms with Crippen LogP contribution in [0.25, 0.3) is 0 Å². The largest absolute Gasteiger partial charge is 0.356 e. The van der Waals surface area contributed by atoms with E-state index in [0.29, 0.717) is 30.5 Å². The Kier molecular flexibility index (Phi) is 5.80. The maximum absolute atomic E-state index is 13.3. The third-order valence-electron chi connectivity index (χ3n) is 6.47. The summed E-state index contributed by atoms with van der Waals surface area (Å²) in [5, 5.41) is 0. The van der Waals surface area contributed by atoms with Gasteiger partial charge in [-0.25, -0.2) is 13.8 Å². The molecule has 4 heterocycles. The number of amides is 1. The standard InChI is InChI=1S/C21H30F2N4O/c22-21(23)8-14-26(15-9-21)19-5-4-17(16-24-19)20(28)27-12-6-18(7-13-27)25-10-2-1-3-11-25/h4-5,16,18H,1-3,6-15H2. The van der Waals surface area contributed by atoms with Crippen molar-refractivity contribution in [3.8, 4) is 0 Å². The van der Waals surface area contributed by atoms with Crippen molar-refractivity contribution in [1.29, 1.82) is 0 Å². The topological polar surface area (TPSA) is 39.7 Å². The lowest BCUT2D eigenvalue weighted by Gasteiger charge is -2.40. The summed E-state index contributed by atoms with van der Waals surface area (Å²) in [4.78, 5) is 23.6. The minimum Gasteiger partial charge on any atom is -0.356 e. The maximum Gasteiger partial charge on any atom is 0.255 e. The number of rotatable bonds is 3. The van der Waals surface area contributed by atoms with Crippen molar-refractivity contribution in [2.24, 2.45) is 0 Å². The first-order chi connectivity index (χ1) is 13.5. The van der Waals surface area contributed by atoms with Gasteiger partial charge in [-0.15, -0.1) is 0 Å². The number of alkyl halides is 2. The summed E-state index contributed by atoms with van der Waals surface area (Å²) in [5.74, 6) is -1.86. The predicted octanol–water partition coefficient (Wildman–Crippen LogP) is 3.41. The van der Waals surface area contributed by atoms with Crippen molar-refractivity contribution in [1.82, 2.24) is 14.8 Å². The van der Waals surface area contributed by atoms with Crippen molar-refractivity contribution in [3.63, 3.8) is 0 Å². The normalized spacial score (nSPS) is 24.4. The molecule has 1 amide bonds. The number of likely N-dealkylation sites (tertiary alicyclic amines) is 2. The second kappa shape index (κ2) is 8.31. The molecule has 28 heavy (non-hydrogen) atoms. The first-order valence-corrected chi connectivity index (χ1v) is 10.6. The highest BCUT2D eigenvalue weighted by atomic mass is 19.3. The summed E-state index contributed by atoms with van der Waals surface area (Å²) in [6.45, 7) is 4.60. The zero-order valence-electron chi connectivity index (χ0n) is 16.5. The van der Waals surface area contributed by atoms with E-state index in [1.165, 1.54) is 32.4 Å². The summed E-state index contributed by atoms with van der Waals surface area (Å²) in [6.07, 6.45) is 7.34. The van der Waals surface area contributed by atoms with Crippen molar-refractivity contribution in [3.05, 3.63) is 23.9 Å². The molecule has 3 aliphatic rings. The van der Waals surface area contributed by atoms with Crippen LogP contribution < -0.4 is 4.90 Å². The molecule has 0 aliphatic carbocycles. The SMILES string of the molecule is O=C(c1ccc(N2CCC(F)(F)CC2)nc1)N1CCC(N2CCCCC2)CC1. The first-order valence-electron chi connectivity index (χ1n) is 10.6. The molecule has 3 aliphatic heterocycles. The van der Waals surface area contributed by atoms with Gasteiger partial charge in [-0.1, -0.05) is 6.42 Å². The average molecular weight is 392 g/mol. The molecule has 154 valence electrons. The Morgan fingerprint density at radius 1 is 0.964 bits per heavy atom. The van der Waals surface area contributed by atoms with E-state index in [1.807, 2.05) is 9.80 Å². The average Bonchev–Trinajstić information content (AvgIpc) is 2.74. The molecule has 3 fully saturated rings. The van der Waals surface area contributed by atoms with Gasteiger partial charge in [0.15, 0.2) is 0 Å². The molecule has 0 spiro atoms. The molecule has 3 saturated heterocycles. The summed E-state index contributed by atoms with van der Waals surface area (Å²) in [5.41, 5.74) is 0.586. The van der Waals surface area contributed by atoms with Crippen LogP contribution in [0, 0.1) is 0 Å². The maximum atomic E-state index is 13.3. The fourth-order valence-corrected chi connectivity index (χ4v) is 4.66. The van der Waals surface area contributed by atoms with Gasteiger partial charge in [-0.05, 0) is 50.9 Å². The number of hydrogen-bond donors (Lipinski definition) is 0. The molecule has 0 aromatic carbocycles. The van der Waals surface area contributed by atoms with Crippen LogP contribution in [-0.2, 0) is 0 Å². The highest BCUT2D eigenvalue weighted by Gasteiger charge is 2.34. The van der Waals surface area contributed by atoms with Crippen LogP contribution in [0.5, 0.6) is 0 Å². The highest BCUT2D eigenvalue weighted by molar-refractivity contribution is 5.94. The van der Waals surface area contributed by atoms with E-state index in [1.54, 1.807) is 18.3 Å². The lowest BCUT2D eigenvalue weighted by Crippen LogP contribution is -2.48. The Labute approximate surface area is 165 Å². The zero-order valence-corrected chi connectivity index (χ0v) is 16.5. The predicted molar refractivity (Wildman–Crippen MR) is 105 cm³/mol. The fourth-order valence-electron chi connectivity index (χ4n) is 4.66. The molecule has 5 nitrogen and oxygen atoms in total. The van der Waals surface area contributed by atoms with Gasteiger partial charge >= 0.3 is 0 Å². The molecule has 0 unspecified atom stereocenters. The summed E-state index contributed by atoms with van der Waals surface area (Å²) in [6, 6.07) is 4.19. The third kappa shape index (κ3) is 4.45. The van der Waals surface area contributed by atoms with Gasteiger partial charge in [0.05, 0.1) is 5.56 Å². The monoisotopic (exact) mass is 392 g/mol. The number of nitrogens with zero attached hydrogens (tertiary/aromatic N) is 4. The molecule has 1 aromatic rings. The lowest BCUT2D eigenvalue weighted by molar-refractivity contribution is -0.0221. The molecular weight excluding hydrogens is 362 g/mol. The number of carbonyl (C=O) groups is 1. The highest BCUT2D eigenvalue weighted by Crippen LogP contribution is 2.30. The number of halogens is 2. The first kappa shape index (κ1) is 19.6. The van der Waals surface area contributed by atoms with Gasteiger partial charge < -0.3 is 14.7 Å². The summed E-state index contributed by atoms with van der Waals surface area (Å²) >= 11 is 0. The molecule has 4 rings (SSSR count). The van der Waals surface area contributed by atoms with Crippen LogP contribution in [0.4, 0.5) is 14.6 Å². The van der Waals surface area contributed by atoms with Gasteiger partial charge in [0, 0.05) is 51.3 Å². The van der Waals surface area contributed by atoms with E-state index in [0.717, 1.165) is 25.9 Å². The number of pyridine rings is 1. The Bertz CT molecular complexity index is 657. The van der Waals surface area contributed by atoms with Crippen LogP contribution in [0.15, 0.2) is 18.3 Å². The quantitative estimate of drug-likeness (QED) is 0.790. The van der Waals surface area contributed by atoms with Crippen LogP contribution >= 0.6 is 0 Å². The van der Waals surface area contributed by atoms with Crippen molar-refractivity contribution in [2.75, 3.05) is 44.2 Å². The molecule has 0 atom stereocenters. The smallest absolute Gasteiger partial charge is 0.255 e. The van der Waals surface area contributed by atoms with Gasteiger partial charge in [-0.2, -0.15) is 0 Å². The van der Waals surface area contributed by atoms with E-state index in [2.05, 4.69) is 9.88 Å². The molecule has 0 radical (unpaired) electrons. The molecular formula is C21H30F2N4O. The van der Waals surface area contributed by atoms with Crippen molar-refractivity contribution in [2.45, 2.75) is 56.9 Å². The van der Waals surface area contributed by atoms with Gasteiger partial charge in [-0.3, -0.25) is 4.79 Å². The Morgan fingerprint density at radius 3 is 2.25 bits per heavy atom. The Hall–Kier alpha value is -1.76. The van der Waals surface area contributed by atoms with E-state index in [9.17, 15) is 13.6 Å². The summed E-state index contributed by atoms with van der Waals surface area (Å²) in [7, 11) is 0. The van der Waals surface area contributed by atoms with E-state index in [4.69, 9.17) is 0 Å². The second-order valence-electron chi connectivity index (χ2n) is 8.37. The zero-order chi connectivity index (χ0) is 19.6. The number of carbonyl (C=O) groups excluding carboxylic acids is 1. The van der Waals surface area contributed by atoms with E-state index < -0.39 is 5.92 Å². The fraction of sp³-hybridized carbons (Fsp3) is 0.714. The number of hydrogen-bond acceptors (Lipinski definition) is 4. The van der Waals surface area contributed by atoms with E-state index >= 15 is 0 Å². The van der Waals surface area contributed by atoms with Crippen LogP contribution in [-0.4, -0.2) is 71.9 Å². The van der Waals surface area contributed by atoms with Crippen LogP contribution in [0.3, 0.4) is 0 Å². The van der Waals surface area contributed by atoms with Crippen LogP contribution in [0.2, 0.25) is 0 Å². The minimum atomic E-state index is -2.56. The van der Waals surface area contributed by atoms with E-state index in [-0.39, 0.29) is 18.7 Å². The summed E-state index contributed by atoms with van der Waals surface area (Å²) < 4.78 is 26.6. The Morgan fingerprint density at radius 2 is 1.64 bits per heavy atom. The van der Waals surface area contributed by atoms with Gasteiger partial charge in [0.2, 0.25) is 0 Å². The number of anilines is 1. The molecule has 1 aromatic heterocycles.